The quantitative estimate of drug-likeness (QED) is 0.693. The van der Waals surface area contributed by atoms with Crippen LogP contribution in [0.3, 0.4) is 0 Å². The summed E-state index contributed by atoms with van der Waals surface area (Å²) in [6, 6.07) is 12.0. The van der Waals surface area contributed by atoms with Crippen molar-refractivity contribution in [3.05, 3.63) is 71.7 Å². The Kier molecular flexibility index (Phi) is 2.97. The van der Waals surface area contributed by atoms with Crippen molar-refractivity contribution >= 4 is 5.65 Å². The van der Waals surface area contributed by atoms with E-state index in [0.717, 1.165) is 11.6 Å². The normalized spacial score (nSPS) is 11.9. The summed E-state index contributed by atoms with van der Waals surface area (Å²) in [5, 5.41) is 0. The molecule has 0 amide bonds. The highest BCUT2D eigenvalue weighted by Crippen LogP contribution is 2.32. The van der Waals surface area contributed by atoms with Gasteiger partial charge in [-0.1, -0.05) is 30.3 Å². The van der Waals surface area contributed by atoms with Crippen molar-refractivity contribution in [1.29, 1.82) is 0 Å². The first-order chi connectivity index (χ1) is 9.54. The number of imidazole rings is 1. The largest absolute Gasteiger partial charge is 0.419 e. The molecule has 2 aromatic heterocycles. The van der Waals surface area contributed by atoms with Gasteiger partial charge < -0.3 is 4.40 Å². The fourth-order valence-electron chi connectivity index (χ4n) is 2.18. The Morgan fingerprint density at radius 2 is 1.75 bits per heavy atom. The number of hydrogen-bond acceptors (Lipinski definition) is 1. The van der Waals surface area contributed by atoms with Crippen molar-refractivity contribution in [2.45, 2.75) is 12.6 Å². The average molecular weight is 276 g/mol. The van der Waals surface area contributed by atoms with Gasteiger partial charge in [0.15, 0.2) is 0 Å². The van der Waals surface area contributed by atoms with Crippen LogP contribution in [0, 0.1) is 0 Å². The molecule has 0 bridgehead atoms. The van der Waals surface area contributed by atoms with Crippen molar-refractivity contribution in [2.75, 3.05) is 0 Å². The molecule has 3 rings (SSSR count). The van der Waals surface area contributed by atoms with Crippen molar-refractivity contribution < 1.29 is 13.2 Å². The first kappa shape index (κ1) is 12.7. The van der Waals surface area contributed by atoms with Crippen LogP contribution in [0.15, 0.2) is 54.9 Å². The Balaban J connectivity index is 2.03. The third-order valence-corrected chi connectivity index (χ3v) is 3.07. The van der Waals surface area contributed by atoms with E-state index in [1.165, 1.54) is 10.5 Å². The lowest BCUT2D eigenvalue weighted by molar-refractivity contribution is -0.136. The van der Waals surface area contributed by atoms with Crippen LogP contribution in [0.1, 0.15) is 16.8 Å². The highest BCUT2D eigenvalue weighted by atomic mass is 19.4. The molecule has 0 atom stereocenters. The maximum Gasteiger partial charge on any atom is 0.419 e. The highest BCUT2D eigenvalue weighted by Gasteiger charge is 2.33. The summed E-state index contributed by atoms with van der Waals surface area (Å²) < 4.78 is 40.1. The molecule has 0 spiro atoms. The minimum atomic E-state index is -4.39. The molecule has 5 heteroatoms. The van der Waals surface area contributed by atoms with E-state index in [9.17, 15) is 13.2 Å². The Labute approximate surface area is 113 Å². The van der Waals surface area contributed by atoms with Crippen molar-refractivity contribution in [3.63, 3.8) is 0 Å². The Morgan fingerprint density at radius 1 is 1.00 bits per heavy atom. The van der Waals surface area contributed by atoms with Crippen LogP contribution in [-0.4, -0.2) is 9.38 Å². The number of alkyl halides is 3. The van der Waals surface area contributed by atoms with E-state index in [4.69, 9.17) is 0 Å². The van der Waals surface area contributed by atoms with Gasteiger partial charge in [-0.2, -0.15) is 13.2 Å². The third kappa shape index (κ3) is 2.39. The second kappa shape index (κ2) is 4.67. The summed E-state index contributed by atoms with van der Waals surface area (Å²) in [5.41, 5.74) is 0.877. The SMILES string of the molecule is FC(F)(F)c1cccn2cc(Cc3ccccc3)nc12. The predicted molar refractivity (Wildman–Crippen MR) is 69.4 cm³/mol. The third-order valence-electron chi connectivity index (χ3n) is 3.07. The van der Waals surface area contributed by atoms with E-state index in [-0.39, 0.29) is 5.65 Å². The lowest BCUT2D eigenvalue weighted by Crippen LogP contribution is -2.07. The molecule has 0 saturated carbocycles. The van der Waals surface area contributed by atoms with Crippen LogP contribution in [0.2, 0.25) is 0 Å². The lowest BCUT2D eigenvalue weighted by Gasteiger charge is -2.06. The topological polar surface area (TPSA) is 17.3 Å². The zero-order chi connectivity index (χ0) is 14.2. The van der Waals surface area contributed by atoms with E-state index < -0.39 is 11.7 Å². The Morgan fingerprint density at radius 3 is 2.45 bits per heavy atom. The number of aromatic nitrogens is 2. The second-order valence-electron chi connectivity index (χ2n) is 4.55. The van der Waals surface area contributed by atoms with Crippen LogP contribution in [0.4, 0.5) is 13.2 Å². The lowest BCUT2D eigenvalue weighted by atomic mass is 10.1. The Hall–Kier alpha value is -2.30. The number of halogens is 3. The summed E-state index contributed by atoms with van der Waals surface area (Å²) in [7, 11) is 0. The van der Waals surface area contributed by atoms with Gasteiger partial charge in [-0.3, -0.25) is 0 Å². The molecular formula is C15H11F3N2. The molecule has 102 valence electrons. The van der Waals surface area contributed by atoms with Gasteiger partial charge in [0, 0.05) is 18.8 Å². The molecule has 0 radical (unpaired) electrons. The van der Waals surface area contributed by atoms with Gasteiger partial charge in [-0.25, -0.2) is 4.98 Å². The zero-order valence-electron chi connectivity index (χ0n) is 10.4. The molecule has 0 unspecified atom stereocenters. The molecule has 2 heterocycles. The molecule has 3 aromatic rings. The Bertz CT molecular complexity index is 730. The van der Waals surface area contributed by atoms with E-state index in [0.29, 0.717) is 12.1 Å². The average Bonchev–Trinajstić information content (AvgIpc) is 2.80. The first-order valence-electron chi connectivity index (χ1n) is 6.12. The predicted octanol–water partition coefficient (Wildman–Crippen LogP) is 3.94. The number of benzene rings is 1. The van der Waals surface area contributed by atoms with Crippen molar-refractivity contribution in [3.8, 4) is 0 Å². The van der Waals surface area contributed by atoms with Crippen LogP contribution >= 0.6 is 0 Å². The maximum atomic E-state index is 12.9. The smallest absolute Gasteiger partial charge is 0.306 e. The molecule has 0 N–H and O–H groups in total. The fourth-order valence-corrected chi connectivity index (χ4v) is 2.18. The molecule has 0 saturated heterocycles. The molecule has 1 aromatic carbocycles. The van der Waals surface area contributed by atoms with E-state index in [1.54, 1.807) is 12.4 Å². The van der Waals surface area contributed by atoms with Gasteiger partial charge in [-0.15, -0.1) is 0 Å². The number of fused-ring (bicyclic) bond motifs is 1. The summed E-state index contributed by atoms with van der Waals surface area (Å²) in [4.78, 5) is 4.12. The van der Waals surface area contributed by atoms with Crippen LogP contribution in [-0.2, 0) is 12.6 Å². The maximum absolute atomic E-state index is 12.9. The second-order valence-corrected chi connectivity index (χ2v) is 4.55. The van der Waals surface area contributed by atoms with Gasteiger partial charge in [-0.05, 0) is 17.7 Å². The minimum Gasteiger partial charge on any atom is -0.306 e. The first-order valence-corrected chi connectivity index (χ1v) is 6.12. The monoisotopic (exact) mass is 276 g/mol. The number of rotatable bonds is 2. The highest BCUT2D eigenvalue weighted by molar-refractivity contribution is 5.50. The van der Waals surface area contributed by atoms with E-state index in [2.05, 4.69) is 4.98 Å². The fraction of sp³-hybridized carbons (Fsp3) is 0.133. The summed E-state index contributed by atoms with van der Waals surface area (Å²) in [6.45, 7) is 0. The molecule has 0 aliphatic rings. The van der Waals surface area contributed by atoms with Gasteiger partial charge >= 0.3 is 6.18 Å². The van der Waals surface area contributed by atoms with E-state index >= 15 is 0 Å². The molecule has 20 heavy (non-hydrogen) atoms. The van der Waals surface area contributed by atoms with Crippen LogP contribution < -0.4 is 0 Å². The van der Waals surface area contributed by atoms with Crippen LogP contribution in [0.25, 0.3) is 5.65 Å². The number of nitrogens with zero attached hydrogens (tertiary/aromatic N) is 2. The van der Waals surface area contributed by atoms with Crippen molar-refractivity contribution in [2.24, 2.45) is 0 Å². The zero-order valence-corrected chi connectivity index (χ0v) is 10.4. The van der Waals surface area contributed by atoms with E-state index in [1.807, 2.05) is 30.3 Å². The van der Waals surface area contributed by atoms with Crippen LogP contribution in [0.5, 0.6) is 0 Å². The molecule has 0 aliphatic heterocycles. The summed E-state index contributed by atoms with van der Waals surface area (Å²) in [5.74, 6) is 0. The van der Waals surface area contributed by atoms with Gasteiger partial charge in [0.2, 0.25) is 0 Å². The van der Waals surface area contributed by atoms with Gasteiger partial charge in [0.25, 0.3) is 0 Å². The van der Waals surface area contributed by atoms with Gasteiger partial charge in [0.1, 0.15) is 5.65 Å². The summed E-state index contributed by atoms with van der Waals surface area (Å²) >= 11 is 0. The minimum absolute atomic E-state index is 0.0501. The summed E-state index contributed by atoms with van der Waals surface area (Å²) in [6.07, 6.45) is -0.665. The number of hydrogen-bond donors (Lipinski definition) is 0. The molecule has 0 fully saturated rings. The van der Waals surface area contributed by atoms with Crippen molar-refractivity contribution in [1.82, 2.24) is 9.38 Å². The molecule has 2 nitrogen and oxygen atoms in total. The van der Waals surface area contributed by atoms with Gasteiger partial charge in [0.05, 0.1) is 11.3 Å². The molecule has 0 aliphatic carbocycles. The standard InChI is InChI=1S/C15H11F3N2/c16-15(17,18)13-7-4-8-20-10-12(19-14(13)20)9-11-5-2-1-3-6-11/h1-8,10H,9H2. The molecular weight excluding hydrogens is 265 g/mol. The number of pyridine rings is 1.